The number of amides is 1. The van der Waals surface area contributed by atoms with Gasteiger partial charge in [-0.05, 0) is 18.2 Å². The minimum absolute atomic E-state index is 0.00152. The molecule has 1 N–H and O–H groups in total. The van der Waals surface area contributed by atoms with E-state index in [-0.39, 0.29) is 41.1 Å². The summed E-state index contributed by atoms with van der Waals surface area (Å²) in [6, 6.07) is 4.57. The highest BCUT2D eigenvalue weighted by atomic mass is 19.3. The molecule has 1 aliphatic heterocycles. The van der Waals surface area contributed by atoms with E-state index in [9.17, 15) is 26.9 Å². The van der Waals surface area contributed by atoms with Crippen LogP contribution in [-0.4, -0.2) is 62.9 Å². The highest BCUT2D eigenvalue weighted by molar-refractivity contribution is 5.98. The van der Waals surface area contributed by atoms with Crippen LogP contribution in [0.2, 0.25) is 0 Å². The van der Waals surface area contributed by atoms with Crippen molar-refractivity contribution in [2.45, 2.75) is 19.0 Å². The largest absolute Gasteiger partial charge is 0.450 e. The Hall–Kier alpha value is -4.14. The van der Waals surface area contributed by atoms with Crippen molar-refractivity contribution in [1.82, 2.24) is 24.6 Å². The summed E-state index contributed by atoms with van der Waals surface area (Å²) in [5, 5.41) is 6.58. The topological polar surface area (TPSA) is 107 Å². The maximum Gasteiger partial charge on any atom is 0.450 e. The fourth-order valence-corrected chi connectivity index (χ4v) is 3.94. The monoisotopic (exact) mass is 509 g/mol. The first-order valence-corrected chi connectivity index (χ1v) is 10.5. The number of morpholine rings is 1. The number of halogens is 5. The number of pyridine rings is 3. The van der Waals surface area contributed by atoms with Crippen LogP contribution < -0.4 is 10.2 Å². The second-order valence-electron chi connectivity index (χ2n) is 7.78. The normalized spacial score (nSPS) is 16.3. The molecule has 10 nitrogen and oxygen atoms in total. The van der Waals surface area contributed by atoms with Crippen molar-refractivity contribution in [3.05, 3.63) is 42.5 Å². The van der Waals surface area contributed by atoms with Crippen LogP contribution in [0.25, 0.3) is 27.8 Å². The summed E-state index contributed by atoms with van der Waals surface area (Å²) in [6.07, 6.45) is -4.36. The van der Waals surface area contributed by atoms with Crippen molar-refractivity contribution in [3.8, 4) is 11.4 Å². The van der Waals surface area contributed by atoms with Crippen LogP contribution in [0.4, 0.5) is 38.4 Å². The van der Waals surface area contributed by atoms with Gasteiger partial charge in [0, 0.05) is 46.3 Å². The van der Waals surface area contributed by atoms with Gasteiger partial charge < -0.3 is 9.64 Å². The molecule has 1 saturated heterocycles. The number of hydrogen-bond acceptors (Lipinski definition) is 8. The smallest absolute Gasteiger partial charge is 0.369 e. The van der Waals surface area contributed by atoms with Gasteiger partial charge in [-0.1, -0.05) is 0 Å². The van der Waals surface area contributed by atoms with Gasteiger partial charge in [-0.25, -0.2) is 41.8 Å². The van der Waals surface area contributed by atoms with Gasteiger partial charge in [0.15, 0.2) is 11.5 Å². The Morgan fingerprint density at radius 3 is 2.75 bits per heavy atom. The SMILES string of the molecule is O=C(Nc1cc2c(-c3nc4ccc(N5CCO[C@H](C(F)F)C5)cn4n3)cnc(C(F)F)c2cn1)OF. The van der Waals surface area contributed by atoms with E-state index in [1.54, 1.807) is 23.2 Å². The molecule has 0 bridgehead atoms. The molecule has 4 aromatic heterocycles. The molecule has 4 aromatic rings. The standard InChI is InChI=1S/C21H16F5N7O3/c22-18(23)14-9-32(3-4-35-14)10-1-2-16-30-20(31-33(16)8-10)13-7-28-17(19(24)25)12-6-27-15(5-11(12)13)29-21(34)36-26/h1-2,5-8,14,18-19H,3-4,9H2,(H,27,29,34)/t14-/m0/s1. The molecule has 0 saturated carbocycles. The van der Waals surface area contributed by atoms with Gasteiger partial charge in [0.25, 0.3) is 12.9 Å². The van der Waals surface area contributed by atoms with Crippen LogP contribution in [0.1, 0.15) is 12.1 Å². The molecule has 1 aliphatic rings. The Morgan fingerprint density at radius 1 is 1.17 bits per heavy atom. The summed E-state index contributed by atoms with van der Waals surface area (Å²) in [5.41, 5.74) is 0.701. The number of alkyl halides is 4. The minimum atomic E-state index is -2.92. The average Bonchev–Trinajstić information content (AvgIpc) is 3.31. The third-order valence-corrected chi connectivity index (χ3v) is 5.61. The van der Waals surface area contributed by atoms with Crippen LogP contribution in [-0.2, 0) is 9.68 Å². The fraction of sp³-hybridized carbons (Fsp3) is 0.286. The number of carbonyl (C=O) groups is 1. The predicted molar refractivity (Wildman–Crippen MR) is 116 cm³/mol. The van der Waals surface area contributed by atoms with Gasteiger partial charge in [0.05, 0.1) is 18.5 Å². The Kier molecular flexibility index (Phi) is 6.22. The van der Waals surface area contributed by atoms with E-state index >= 15 is 0 Å². The Labute approximate surface area is 198 Å². The quantitative estimate of drug-likeness (QED) is 0.400. The molecule has 0 spiro atoms. The van der Waals surface area contributed by atoms with E-state index in [0.717, 1.165) is 12.4 Å². The number of nitrogens with one attached hydrogen (secondary N) is 1. The lowest BCUT2D eigenvalue weighted by atomic mass is 10.1. The van der Waals surface area contributed by atoms with Crippen LogP contribution in [0, 0.1) is 0 Å². The van der Waals surface area contributed by atoms with Gasteiger partial charge in [-0.2, -0.15) is 0 Å². The van der Waals surface area contributed by atoms with E-state index in [2.05, 4.69) is 25.0 Å². The molecule has 1 amide bonds. The molecule has 0 aromatic carbocycles. The molecule has 36 heavy (non-hydrogen) atoms. The van der Waals surface area contributed by atoms with Gasteiger partial charge in [0.2, 0.25) is 0 Å². The number of ether oxygens (including phenoxy) is 1. The van der Waals surface area contributed by atoms with Crippen molar-refractivity contribution in [1.29, 1.82) is 0 Å². The minimum Gasteiger partial charge on any atom is -0.369 e. The maximum absolute atomic E-state index is 13.5. The van der Waals surface area contributed by atoms with Crippen molar-refractivity contribution in [2.75, 3.05) is 29.9 Å². The van der Waals surface area contributed by atoms with Crippen molar-refractivity contribution in [2.24, 2.45) is 0 Å². The van der Waals surface area contributed by atoms with Crippen LogP contribution in [0.5, 0.6) is 0 Å². The molecule has 0 aliphatic carbocycles. The van der Waals surface area contributed by atoms with E-state index in [4.69, 9.17) is 4.74 Å². The van der Waals surface area contributed by atoms with Crippen molar-refractivity contribution in [3.63, 3.8) is 0 Å². The van der Waals surface area contributed by atoms with Crippen LogP contribution in [0.3, 0.4) is 0 Å². The Balaban J connectivity index is 1.55. The third-order valence-electron chi connectivity index (χ3n) is 5.61. The molecule has 5 heterocycles. The summed E-state index contributed by atoms with van der Waals surface area (Å²) in [5.74, 6) is -0.0483. The fourth-order valence-electron chi connectivity index (χ4n) is 3.94. The summed E-state index contributed by atoms with van der Waals surface area (Å²) >= 11 is 0. The van der Waals surface area contributed by atoms with Crippen molar-refractivity contribution < 1.29 is 36.6 Å². The molecule has 0 radical (unpaired) electrons. The summed E-state index contributed by atoms with van der Waals surface area (Å²) in [4.78, 5) is 28.1. The first-order valence-electron chi connectivity index (χ1n) is 10.5. The van der Waals surface area contributed by atoms with Gasteiger partial charge in [-0.15, -0.1) is 5.10 Å². The first kappa shape index (κ1) is 23.6. The molecule has 1 atom stereocenters. The number of anilines is 2. The van der Waals surface area contributed by atoms with Crippen LogP contribution >= 0.6 is 0 Å². The molecular formula is C21H16F5N7O3. The molecule has 188 valence electrons. The lowest BCUT2D eigenvalue weighted by Crippen LogP contribution is -2.45. The number of rotatable bonds is 5. The van der Waals surface area contributed by atoms with Gasteiger partial charge in [-0.3, -0.25) is 10.3 Å². The number of aromatic nitrogens is 5. The maximum atomic E-state index is 13.5. The highest BCUT2D eigenvalue weighted by Gasteiger charge is 2.28. The summed E-state index contributed by atoms with van der Waals surface area (Å²) < 4.78 is 71.9. The molecule has 1 fully saturated rings. The molecule has 15 heteroatoms. The van der Waals surface area contributed by atoms with Crippen LogP contribution in [0.15, 0.2) is 36.8 Å². The highest BCUT2D eigenvalue weighted by Crippen LogP contribution is 2.33. The number of nitrogens with zero attached hydrogens (tertiary/aromatic N) is 6. The summed E-state index contributed by atoms with van der Waals surface area (Å²) in [6.45, 7) is 0.548. The Bertz CT molecular complexity index is 1430. The number of fused-ring (bicyclic) bond motifs is 2. The molecular weight excluding hydrogens is 493 g/mol. The summed E-state index contributed by atoms with van der Waals surface area (Å²) in [7, 11) is 0. The zero-order valence-corrected chi connectivity index (χ0v) is 18.1. The van der Waals surface area contributed by atoms with Crippen molar-refractivity contribution >= 4 is 34.0 Å². The first-order chi connectivity index (χ1) is 17.3. The average molecular weight is 509 g/mol. The third kappa shape index (κ3) is 4.44. The van der Waals surface area contributed by atoms with E-state index < -0.39 is 30.7 Å². The molecule has 5 rings (SSSR count). The van der Waals surface area contributed by atoms with E-state index in [1.165, 1.54) is 10.6 Å². The van der Waals surface area contributed by atoms with Gasteiger partial charge >= 0.3 is 6.09 Å². The number of hydrogen-bond donors (Lipinski definition) is 1. The Morgan fingerprint density at radius 2 is 2.00 bits per heavy atom. The van der Waals surface area contributed by atoms with E-state index in [0.29, 0.717) is 17.9 Å². The lowest BCUT2D eigenvalue weighted by molar-refractivity contribution is -0.0614. The van der Waals surface area contributed by atoms with E-state index in [1.807, 2.05) is 5.32 Å². The second kappa shape index (κ2) is 9.49. The second-order valence-corrected chi connectivity index (χ2v) is 7.78. The zero-order chi connectivity index (χ0) is 25.4. The number of carbonyl (C=O) groups excluding carboxylic acids is 1. The predicted octanol–water partition coefficient (Wildman–Crippen LogP) is 4.18. The lowest BCUT2D eigenvalue weighted by Gasteiger charge is -2.33. The zero-order valence-electron chi connectivity index (χ0n) is 18.1. The molecule has 0 unspecified atom stereocenters. The van der Waals surface area contributed by atoms with Gasteiger partial charge in [0.1, 0.15) is 17.6 Å².